The predicted molar refractivity (Wildman–Crippen MR) is 75.0 cm³/mol. The van der Waals surface area contributed by atoms with Gasteiger partial charge in [-0.05, 0) is 45.5 Å². The zero-order chi connectivity index (χ0) is 13.8. The Balaban J connectivity index is 2.01. The zero-order valence-corrected chi connectivity index (χ0v) is 11.9. The minimum absolute atomic E-state index is 0.0508. The van der Waals surface area contributed by atoms with E-state index in [-0.39, 0.29) is 11.9 Å². The fourth-order valence-electron chi connectivity index (χ4n) is 2.77. The molecule has 1 aromatic carbocycles. The molecule has 1 saturated heterocycles. The molecule has 3 nitrogen and oxygen atoms in total. The number of likely N-dealkylation sites (N-methyl/N-ethyl adjacent to an activating group) is 1. The van der Waals surface area contributed by atoms with Gasteiger partial charge in [-0.15, -0.1) is 0 Å². The van der Waals surface area contributed by atoms with Gasteiger partial charge < -0.3 is 15.0 Å². The molecule has 1 heterocycles. The van der Waals surface area contributed by atoms with Gasteiger partial charge >= 0.3 is 0 Å². The maximum atomic E-state index is 13.9. The van der Waals surface area contributed by atoms with Crippen molar-refractivity contribution in [2.75, 3.05) is 27.2 Å². The third kappa shape index (κ3) is 3.25. The summed E-state index contributed by atoms with van der Waals surface area (Å²) in [6.07, 6.45) is 2.46. The predicted octanol–water partition coefficient (Wildman–Crippen LogP) is 2.58. The number of likely N-dealkylation sites (tertiary alicyclic amines) is 1. The molecule has 0 radical (unpaired) electrons. The van der Waals surface area contributed by atoms with Crippen LogP contribution in [0.25, 0.3) is 0 Å². The van der Waals surface area contributed by atoms with Gasteiger partial charge in [0.05, 0.1) is 7.11 Å². The van der Waals surface area contributed by atoms with Crippen LogP contribution in [0.15, 0.2) is 18.2 Å². The van der Waals surface area contributed by atoms with Gasteiger partial charge in [0, 0.05) is 24.2 Å². The van der Waals surface area contributed by atoms with Crippen molar-refractivity contribution in [1.29, 1.82) is 0 Å². The quantitative estimate of drug-likeness (QED) is 0.886. The minimum atomic E-state index is -0.209. The Labute approximate surface area is 114 Å². The van der Waals surface area contributed by atoms with Crippen molar-refractivity contribution < 1.29 is 9.13 Å². The smallest absolute Gasteiger partial charge is 0.131 e. The monoisotopic (exact) mass is 266 g/mol. The molecule has 1 fully saturated rings. The lowest BCUT2D eigenvalue weighted by Gasteiger charge is -2.23. The summed E-state index contributed by atoms with van der Waals surface area (Å²) in [6.45, 7) is 4.02. The molecular weight excluding hydrogens is 243 g/mol. The van der Waals surface area contributed by atoms with Crippen LogP contribution in [0.2, 0.25) is 0 Å². The van der Waals surface area contributed by atoms with Crippen molar-refractivity contribution in [3.63, 3.8) is 0 Å². The van der Waals surface area contributed by atoms with Crippen molar-refractivity contribution in [3.05, 3.63) is 29.6 Å². The van der Waals surface area contributed by atoms with Crippen LogP contribution < -0.4 is 10.1 Å². The highest BCUT2D eigenvalue weighted by atomic mass is 19.1. The number of hydrogen-bond donors (Lipinski definition) is 1. The second-order valence-corrected chi connectivity index (χ2v) is 5.26. The number of halogens is 1. The van der Waals surface area contributed by atoms with Gasteiger partial charge in [-0.25, -0.2) is 4.39 Å². The standard InChI is InChI=1S/C15H23FN2O/c1-11(17-10-12-6-5-9-18(12)2)15-13(16)7-4-8-14(15)19-3/h4,7-8,11-12,17H,5-6,9-10H2,1-3H3. The molecule has 2 unspecified atom stereocenters. The summed E-state index contributed by atoms with van der Waals surface area (Å²) in [6, 6.07) is 5.47. The van der Waals surface area contributed by atoms with Gasteiger partial charge in [-0.3, -0.25) is 0 Å². The maximum absolute atomic E-state index is 13.9. The van der Waals surface area contributed by atoms with E-state index in [2.05, 4.69) is 17.3 Å². The van der Waals surface area contributed by atoms with Crippen LogP contribution in [0, 0.1) is 5.82 Å². The molecule has 2 atom stereocenters. The molecular formula is C15H23FN2O. The third-order valence-electron chi connectivity index (χ3n) is 4.00. The molecule has 1 aromatic rings. The summed E-state index contributed by atoms with van der Waals surface area (Å²) in [7, 11) is 3.73. The first kappa shape index (κ1) is 14.3. The first-order valence-corrected chi connectivity index (χ1v) is 6.89. The van der Waals surface area contributed by atoms with Gasteiger partial charge in [-0.2, -0.15) is 0 Å². The highest BCUT2D eigenvalue weighted by Crippen LogP contribution is 2.27. The Hall–Kier alpha value is -1.13. The van der Waals surface area contributed by atoms with Crippen molar-refractivity contribution in [2.45, 2.75) is 31.8 Å². The highest BCUT2D eigenvalue weighted by Gasteiger charge is 2.22. The number of nitrogens with one attached hydrogen (secondary N) is 1. The van der Waals surface area contributed by atoms with E-state index in [0.717, 1.165) is 13.1 Å². The lowest BCUT2D eigenvalue weighted by molar-refractivity contribution is 0.291. The van der Waals surface area contributed by atoms with E-state index in [0.29, 0.717) is 17.4 Å². The van der Waals surface area contributed by atoms with Crippen LogP contribution in [0.5, 0.6) is 5.75 Å². The molecule has 2 rings (SSSR count). The molecule has 0 aromatic heterocycles. The molecule has 1 aliphatic rings. The number of rotatable bonds is 5. The molecule has 106 valence electrons. The lowest BCUT2D eigenvalue weighted by atomic mass is 10.1. The molecule has 0 aliphatic carbocycles. The molecule has 4 heteroatoms. The van der Waals surface area contributed by atoms with Crippen LogP contribution in [0.3, 0.4) is 0 Å². The summed E-state index contributed by atoms with van der Waals surface area (Å²) in [5.74, 6) is 0.402. The topological polar surface area (TPSA) is 24.5 Å². The number of hydrogen-bond acceptors (Lipinski definition) is 3. The second kappa shape index (κ2) is 6.35. The molecule has 0 saturated carbocycles. The Morgan fingerprint density at radius 2 is 2.32 bits per heavy atom. The fourth-order valence-corrected chi connectivity index (χ4v) is 2.77. The van der Waals surface area contributed by atoms with Crippen molar-refractivity contribution in [3.8, 4) is 5.75 Å². The number of ether oxygens (including phenoxy) is 1. The SMILES string of the molecule is COc1cccc(F)c1C(C)NCC1CCCN1C. The van der Waals surface area contributed by atoms with Gasteiger partial charge in [0.15, 0.2) is 0 Å². The van der Waals surface area contributed by atoms with Crippen molar-refractivity contribution in [1.82, 2.24) is 10.2 Å². The minimum Gasteiger partial charge on any atom is -0.496 e. The lowest BCUT2D eigenvalue weighted by Crippen LogP contribution is -2.36. The Morgan fingerprint density at radius 1 is 1.53 bits per heavy atom. The Morgan fingerprint density at radius 3 is 2.95 bits per heavy atom. The van der Waals surface area contributed by atoms with Gasteiger partial charge in [0.2, 0.25) is 0 Å². The van der Waals surface area contributed by atoms with Crippen molar-refractivity contribution in [2.24, 2.45) is 0 Å². The van der Waals surface area contributed by atoms with E-state index in [1.807, 2.05) is 6.92 Å². The van der Waals surface area contributed by atoms with Crippen molar-refractivity contribution >= 4 is 0 Å². The molecule has 0 amide bonds. The largest absolute Gasteiger partial charge is 0.496 e. The van der Waals surface area contributed by atoms with Crippen LogP contribution in [0.4, 0.5) is 4.39 Å². The third-order valence-corrected chi connectivity index (χ3v) is 4.00. The van der Waals surface area contributed by atoms with Gasteiger partial charge in [0.1, 0.15) is 11.6 Å². The van der Waals surface area contributed by atoms with Gasteiger partial charge in [-0.1, -0.05) is 6.07 Å². The Kier molecular flexibility index (Phi) is 4.77. The van der Waals surface area contributed by atoms with E-state index in [1.165, 1.54) is 18.9 Å². The van der Waals surface area contributed by atoms with Crippen LogP contribution >= 0.6 is 0 Å². The Bertz CT molecular complexity index is 425. The van der Waals surface area contributed by atoms with Crippen LogP contribution in [0.1, 0.15) is 31.4 Å². The zero-order valence-electron chi connectivity index (χ0n) is 11.9. The maximum Gasteiger partial charge on any atom is 0.131 e. The molecule has 0 spiro atoms. The number of nitrogens with zero attached hydrogens (tertiary/aromatic N) is 1. The van der Waals surface area contributed by atoms with E-state index >= 15 is 0 Å². The summed E-state index contributed by atoms with van der Waals surface area (Å²) in [4.78, 5) is 2.36. The summed E-state index contributed by atoms with van der Waals surface area (Å²) >= 11 is 0. The number of benzene rings is 1. The van der Waals surface area contributed by atoms with Gasteiger partial charge in [0.25, 0.3) is 0 Å². The average molecular weight is 266 g/mol. The van der Waals surface area contributed by atoms with E-state index in [1.54, 1.807) is 19.2 Å². The molecule has 0 bridgehead atoms. The fraction of sp³-hybridized carbons (Fsp3) is 0.600. The van der Waals surface area contributed by atoms with Crippen LogP contribution in [-0.4, -0.2) is 38.2 Å². The molecule has 19 heavy (non-hydrogen) atoms. The van der Waals surface area contributed by atoms with E-state index in [9.17, 15) is 4.39 Å². The first-order valence-electron chi connectivity index (χ1n) is 6.89. The normalized spacial score (nSPS) is 21.6. The number of methoxy groups -OCH3 is 1. The highest BCUT2D eigenvalue weighted by molar-refractivity contribution is 5.36. The summed E-state index contributed by atoms with van der Waals surface area (Å²) < 4.78 is 19.2. The summed E-state index contributed by atoms with van der Waals surface area (Å²) in [5, 5.41) is 3.43. The second-order valence-electron chi connectivity index (χ2n) is 5.26. The molecule has 1 N–H and O–H groups in total. The average Bonchev–Trinajstić information content (AvgIpc) is 2.81. The van der Waals surface area contributed by atoms with E-state index < -0.39 is 0 Å². The van der Waals surface area contributed by atoms with Crippen LogP contribution in [-0.2, 0) is 0 Å². The van der Waals surface area contributed by atoms with E-state index in [4.69, 9.17) is 4.74 Å². The summed E-state index contributed by atoms with van der Waals surface area (Å²) in [5.41, 5.74) is 0.616. The molecule has 1 aliphatic heterocycles. The first-order chi connectivity index (χ1) is 9.13.